The van der Waals surface area contributed by atoms with Gasteiger partial charge in [0.1, 0.15) is 11.4 Å². The van der Waals surface area contributed by atoms with Crippen LogP contribution in [-0.4, -0.2) is 52.6 Å². The van der Waals surface area contributed by atoms with Crippen LogP contribution in [0.2, 0.25) is 5.02 Å². The normalized spacial score (nSPS) is 21.6. The maximum absolute atomic E-state index is 13.1. The summed E-state index contributed by atoms with van der Waals surface area (Å²) in [6.45, 7) is 4.40. The Bertz CT molecular complexity index is 1060. The van der Waals surface area contributed by atoms with Gasteiger partial charge in [0.05, 0.1) is 0 Å². The molecule has 2 aromatic heterocycles. The summed E-state index contributed by atoms with van der Waals surface area (Å²) in [5.74, 6) is 0.799. The summed E-state index contributed by atoms with van der Waals surface area (Å²) in [7, 11) is 0. The number of aromatic amines is 1. The molecule has 28 heavy (non-hydrogen) atoms. The Labute approximate surface area is 167 Å². The molecule has 7 heteroatoms. The van der Waals surface area contributed by atoms with Crippen LogP contribution < -0.4 is 10.1 Å². The number of carbonyl (C=O) groups is 1. The topological polar surface area (TPSA) is 70.2 Å². The van der Waals surface area contributed by atoms with Crippen LogP contribution in [-0.2, 0) is 11.2 Å². The lowest BCUT2D eigenvalue weighted by molar-refractivity contribution is -0.140. The van der Waals surface area contributed by atoms with Gasteiger partial charge in [0, 0.05) is 66.0 Å². The predicted molar refractivity (Wildman–Crippen MR) is 109 cm³/mol. The molecule has 5 rings (SSSR count). The van der Waals surface area contributed by atoms with E-state index in [4.69, 9.17) is 16.3 Å². The molecule has 144 valence electrons. The Morgan fingerprint density at radius 3 is 3.07 bits per heavy atom. The summed E-state index contributed by atoms with van der Waals surface area (Å²) in [6, 6.07) is 7.92. The third-order valence-corrected chi connectivity index (χ3v) is 5.82. The highest BCUT2D eigenvalue weighted by atomic mass is 35.5. The lowest BCUT2D eigenvalue weighted by atomic mass is 9.99. The molecule has 1 saturated heterocycles. The standard InChI is InChI=1S/C21H21ClN4O2/c1-12-11-23-6-7-26(12)21(27)18-9-13-8-14(22)10-17(19(13)28-18)15-2-4-24-20-16(15)3-5-25-20/h2-5,8,10,12,18,23H,6-7,9,11H2,1H3,(H,24,25)/t12-,18?/m0/s1. The van der Waals surface area contributed by atoms with E-state index in [9.17, 15) is 4.79 Å². The minimum absolute atomic E-state index is 0.0498. The monoisotopic (exact) mass is 396 g/mol. The number of halogens is 1. The Kier molecular flexibility index (Phi) is 4.25. The number of piperazine rings is 1. The molecule has 1 fully saturated rings. The van der Waals surface area contributed by atoms with Gasteiger partial charge in [-0.05, 0) is 36.8 Å². The van der Waals surface area contributed by atoms with Crippen molar-refractivity contribution in [2.24, 2.45) is 0 Å². The lowest BCUT2D eigenvalue weighted by Gasteiger charge is -2.35. The zero-order chi connectivity index (χ0) is 19.3. The molecule has 1 amide bonds. The summed E-state index contributed by atoms with van der Waals surface area (Å²) in [5, 5.41) is 4.96. The van der Waals surface area contributed by atoms with Crippen LogP contribution in [0.4, 0.5) is 0 Å². The third-order valence-electron chi connectivity index (χ3n) is 5.61. The number of hydrogen-bond acceptors (Lipinski definition) is 4. The second kappa shape index (κ2) is 6.79. The van der Waals surface area contributed by atoms with Crippen molar-refractivity contribution in [1.82, 2.24) is 20.2 Å². The first kappa shape index (κ1) is 17.5. The fraction of sp³-hybridized carbons (Fsp3) is 0.333. The third kappa shape index (κ3) is 2.84. The number of pyridine rings is 1. The average Bonchev–Trinajstić information content (AvgIpc) is 3.33. The smallest absolute Gasteiger partial charge is 0.264 e. The molecule has 0 radical (unpaired) electrons. The molecule has 1 unspecified atom stereocenters. The molecular weight excluding hydrogens is 376 g/mol. The van der Waals surface area contributed by atoms with E-state index in [1.165, 1.54) is 0 Å². The lowest BCUT2D eigenvalue weighted by Crippen LogP contribution is -2.55. The molecule has 3 aromatic rings. The minimum Gasteiger partial charge on any atom is -0.479 e. The largest absolute Gasteiger partial charge is 0.479 e. The van der Waals surface area contributed by atoms with Crippen molar-refractivity contribution >= 4 is 28.5 Å². The van der Waals surface area contributed by atoms with Crippen LogP contribution in [0.15, 0.2) is 36.7 Å². The Balaban J connectivity index is 1.52. The van der Waals surface area contributed by atoms with Crippen LogP contribution >= 0.6 is 11.6 Å². The number of carbonyl (C=O) groups excluding carboxylic acids is 1. The van der Waals surface area contributed by atoms with Gasteiger partial charge in [-0.15, -0.1) is 0 Å². The molecule has 0 spiro atoms. The first-order chi connectivity index (χ1) is 13.6. The van der Waals surface area contributed by atoms with Crippen molar-refractivity contribution in [2.75, 3.05) is 19.6 Å². The molecule has 2 N–H and O–H groups in total. The number of hydrogen-bond donors (Lipinski definition) is 2. The maximum atomic E-state index is 13.1. The fourth-order valence-corrected chi connectivity index (χ4v) is 4.45. The molecule has 2 aliphatic rings. The molecule has 0 saturated carbocycles. The van der Waals surface area contributed by atoms with Crippen molar-refractivity contribution in [3.63, 3.8) is 0 Å². The van der Waals surface area contributed by atoms with Crippen LogP contribution in [0.3, 0.4) is 0 Å². The highest BCUT2D eigenvalue weighted by Crippen LogP contribution is 2.43. The first-order valence-corrected chi connectivity index (χ1v) is 9.92. The van der Waals surface area contributed by atoms with Gasteiger partial charge >= 0.3 is 0 Å². The molecule has 6 nitrogen and oxygen atoms in total. The number of nitrogens with zero attached hydrogens (tertiary/aromatic N) is 2. The fourth-order valence-electron chi connectivity index (χ4n) is 4.21. The summed E-state index contributed by atoms with van der Waals surface area (Å²) in [4.78, 5) is 22.5. The number of amides is 1. The molecule has 2 atom stereocenters. The van der Waals surface area contributed by atoms with Gasteiger partial charge in [-0.25, -0.2) is 4.98 Å². The summed E-state index contributed by atoms with van der Waals surface area (Å²) in [6.07, 6.45) is 3.67. The van der Waals surface area contributed by atoms with E-state index in [1.807, 2.05) is 35.4 Å². The molecule has 4 heterocycles. The number of nitrogens with one attached hydrogen (secondary N) is 2. The van der Waals surface area contributed by atoms with Gasteiger partial charge in [0.15, 0.2) is 6.10 Å². The Morgan fingerprint density at radius 1 is 1.32 bits per heavy atom. The molecular formula is C21H21ClN4O2. The summed E-state index contributed by atoms with van der Waals surface area (Å²) in [5.41, 5.74) is 3.68. The number of ether oxygens (including phenoxy) is 1. The number of H-pyrrole nitrogens is 1. The number of rotatable bonds is 2. The zero-order valence-electron chi connectivity index (χ0n) is 15.5. The Morgan fingerprint density at radius 2 is 2.21 bits per heavy atom. The van der Waals surface area contributed by atoms with Gasteiger partial charge in [0.25, 0.3) is 5.91 Å². The Hall–Kier alpha value is -2.57. The van der Waals surface area contributed by atoms with Gasteiger partial charge in [-0.1, -0.05) is 11.6 Å². The molecule has 0 aliphatic carbocycles. The van der Waals surface area contributed by atoms with Crippen molar-refractivity contribution in [1.29, 1.82) is 0 Å². The van der Waals surface area contributed by atoms with E-state index in [1.54, 1.807) is 6.20 Å². The van der Waals surface area contributed by atoms with Gasteiger partial charge in [-0.2, -0.15) is 0 Å². The van der Waals surface area contributed by atoms with E-state index in [2.05, 4.69) is 22.2 Å². The number of fused-ring (bicyclic) bond motifs is 2. The summed E-state index contributed by atoms with van der Waals surface area (Å²) < 4.78 is 6.24. The van der Waals surface area contributed by atoms with Crippen molar-refractivity contribution < 1.29 is 9.53 Å². The van der Waals surface area contributed by atoms with Gasteiger partial charge in [-0.3, -0.25) is 4.79 Å². The highest BCUT2D eigenvalue weighted by molar-refractivity contribution is 6.31. The second-order valence-electron chi connectivity index (χ2n) is 7.44. The minimum atomic E-state index is -0.503. The van der Waals surface area contributed by atoms with E-state index in [0.29, 0.717) is 18.0 Å². The SMILES string of the molecule is C[C@H]1CNCCN1C(=O)C1Cc2cc(Cl)cc(-c3ccnc4[nH]ccc34)c2O1. The van der Waals surface area contributed by atoms with Crippen LogP contribution in [0, 0.1) is 0 Å². The van der Waals surface area contributed by atoms with Crippen LogP contribution in [0.5, 0.6) is 5.75 Å². The van der Waals surface area contributed by atoms with Crippen molar-refractivity contribution in [2.45, 2.75) is 25.5 Å². The van der Waals surface area contributed by atoms with Gasteiger partial charge < -0.3 is 19.9 Å². The van der Waals surface area contributed by atoms with Crippen molar-refractivity contribution in [3.8, 4) is 16.9 Å². The summed E-state index contributed by atoms with van der Waals surface area (Å²) >= 11 is 6.42. The zero-order valence-corrected chi connectivity index (χ0v) is 16.3. The molecule has 0 bridgehead atoms. The van der Waals surface area contributed by atoms with Crippen molar-refractivity contribution in [3.05, 3.63) is 47.2 Å². The van der Waals surface area contributed by atoms with E-state index < -0.39 is 6.10 Å². The van der Waals surface area contributed by atoms with Crippen LogP contribution in [0.1, 0.15) is 12.5 Å². The second-order valence-corrected chi connectivity index (χ2v) is 7.87. The van der Waals surface area contributed by atoms with Gasteiger partial charge in [0.2, 0.25) is 0 Å². The maximum Gasteiger partial charge on any atom is 0.264 e. The van der Waals surface area contributed by atoms with E-state index in [-0.39, 0.29) is 11.9 Å². The predicted octanol–water partition coefficient (Wildman–Crippen LogP) is 3.01. The number of benzene rings is 1. The molecule has 2 aliphatic heterocycles. The average molecular weight is 397 g/mol. The van der Waals surface area contributed by atoms with Crippen LogP contribution in [0.25, 0.3) is 22.2 Å². The number of aromatic nitrogens is 2. The highest BCUT2D eigenvalue weighted by Gasteiger charge is 2.36. The van der Waals surface area contributed by atoms with E-state index in [0.717, 1.165) is 46.6 Å². The first-order valence-electron chi connectivity index (χ1n) is 9.54. The molecule has 1 aromatic carbocycles. The quantitative estimate of drug-likeness (QED) is 0.698. The van der Waals surface area contributed by atoms with E-state index >= 15 is 0 Å².